The molecule has 0 saturated heterocycles. The molecule has 0 aliphatic carbocycles. The number of aliphatic carboxylic acids is 1. The first-order chi connectivity index (χ1) is 12.4. The average molecular weight is 355 g/mol. The average Bonchev–Trinajstić information content (AvgIpc) is 3.11. The molecule has 8 nitrogen and oxygen atoms in total. The van der Waals surface area contributed by atoms with Crippen LogP contribution >= 0.6 is 0 Å². The Labute approximate surface area is 148 Å². The second-order valence-electron chi connectivity index (χ2n) is 5.86. The normalized spacial score (nSPS) is 17.1. The Morgan fingerprint density at radius 3 is 2.19 bits per heavy atom. The van der Waals surface area contributed by atoms with Crippen LogP contribution in [0, 0.1) is 0 Å². The van der Waals surface area contributed by atoms with Gasteiger partial charge in [-0.2, -0.15) is 5.10 Å². The summed E-state index contributed by atoms with van der Waals surface area (Å²) in [5.74, 6) is -1.56. The highest BCUT2D eigenvalue weighted by atomic mass is 16.4. The van der Waals surface area contributed by atoms with E-state index >= 15 is 0 Å². The Hall–Kier alpha value is -3.55. The van der Waals surface area contributed by atoms with E-state index < -0.39 is 24.0 Å². The summed E-state index contributed by atoms with van der Waals surface area (Å²) in [5, 5.41) is 34.6. The maximum Gasteiger partial charge on any atom is 0.330 e. The van der Waals surface area contributed by atoms with Gasteiger partial charge in [-0.25, -0.2) is 4.79 Å². The van der Waals surface area contributed by atoms with Gasteiger partial charge in [-0.15, -0.1) is 0 Å². The second kappa shape index (κ2) is 7.14. The number of amides is 1. The van der Waals surface area contributed by atoms with Crippen LogP contribution in [0.2, 0.25) is 0 Å². The van der Waals surface area contributed by atoms with E-state index in [0.717, 1.165) is 5.56 Å². The van der Waals surface area contributed by atoms with Gasteiger partial charge in [0.1, 0.15) is 17.5 Å². The maximum atomic E-state index is 12.4. The lowest BCUT2D eigenvalue weighted by Crippen LogP contribution is -2.44. The highest BCUT2D eigenvalue weighted by molar-refractivity contribution is 6.05. The first-order valence-electron chi connectivity index (χ1n) is 7.87. The van der Waals surface area contributed by atoms with Crippen LogP contribution in [0.25, 0.3) is 0 Å². The summed E-state index contributed by atoms with van der Waals surface area (Å²) < 4.78 is 0. The molecular formula is C18H17N3O5. The fourth-order valence-corrected chi connectivity index (χ4v) is 2.63. The fourth-order valence-electron chi connectivity index (χ4n) is 2.63. The zero-order valence-corrected chi connectivity index (χ0v) is 13.6. The van der Waals surface area contributed by atoms with Crippen molar-refractivity contribution in [2.24, 2.45) is 5.10 Å². The number of benzene rings is 2. The van der Waals surface area contributed by atoms with Crippen LogP contribution < -0.4 is 10.7 Å². The molecule has 0 spiro atoms. The fraction of sp³-hybridized carbons (Fsp3) is 0.167. The molecule has 0 saturated carbocycles. The van der Waals surface area contributed by atoms with Crippen molar-refractivity contribution >= 4 is 17.6 Å². The second-order valence-corrected chi connectivity index (χ2v) is 5.86. The molecule has 2 aromatic carbocycles. The van der Waals surface area contributed by atoms with Crippen molar-refractivity contribution < 1.29 is 24.9 Å². The monoisotopic (exact) mass is 355 g/mol. The number of carboxylic acid groups (broad SMARTS) is 1. The molecule has 5 N–H and O–H groups in total. The number of aromatic hydroxyl groups is 2. The summed E-state index contributed by atoms with van der Waals surface area (Å²) in [6.07, 6.45) is 0.290. The van der Waals surface area contributed by atoms with Crippen molar-refractivity contribution in [1.82, 2.24) is 10.7 Å². The highest BCUT2D eigenvalue weighted by Crippen LogP contribution is 2.19. The van der Waals surface area contributed by atoms with Crippen LogP contribution in [-0.2, 0) is 9.59 Å². The van der Waals surface area contributed by atoms with Gasteiger partial charge in [0.25, 0.3) is 0 Å². The molecule has 0 aromatic heterocycles. The Morgan fingerprint density at radius 2 is 1.62 bits per heavy atom. The van der Waals surface area contributed by atoms with E-state index in [-0.39, 0.29) is 11.5 Å². The molecule has 26 heavy (non-hydrogen) atoms. The van der Waals surface area contributed by atoms with E-state index in [9.17, 15) is 24.9 Å². The zero-order chi connectivity index (χ0) is 18.7. The molecule has 134 valence electrons. The summed E-state index contributed by atoms with van der Waals surface area (Å²) in [5.41, 5.74) is 4.46. The van der Waals surface area contributed by atoms with Crippen molar-refractivity contribution in [1.29, 1.82) is 0 Å². The predicted molar refractivity (Wildman–Crippen MR) is 92.8 cm³/mol. The van der Waals surface area contributed by atoms with Gasteiger partial charge in [0, 0.05) is 6.42 Å². The van der Waals surface area contributed by atoms with Gasteiger partial charge >= 0.3 is 5.97 Å². The summed E-state index contributed by atoms with van der Waals surface area (Å²) >= 11 is 0. The number of carbonyl (C=O) groups is 2. The molecule has 0 bridgehead atoms. The third-order valence-corrected chi connectivity index (χ3v) is 4.03. The largest absolute Gasteiger partial charge is 0.508 e. The van der Waals surface area contributed by atoms with Gasteiger partial charge in [0.2, 0.25) is 5.91 Å². The Bertz CT molecular complexity index is 846. The molecule has 1 aliphatic heterocycles. The summed E-state index contributed by atoms with van der Waals surface area (Å²) in [4.78, 5) is 23.9. The van der Waals surface area contributed by atoms with E-state index in [1.807, 2.05) is 0 Å². The maximum absolute atomic E-state index is 12.4. The van der Waals surface area contributed by atoms with Gasteiger partial charge in [-0.1, -0.05) is 12.1 Å². The summed E-state index contributed by atoms with van der Waals surface area (Å²) in [6.45, 7) is 0. The van der Waals surface area contributed by atoms with Gasteiger partial charge in [0.15, 0.2) is 6.04 Å². The lowest BCUT2D eigenvalue weighted by molar-refractivity contribution is -0.142. The number of nitrogens with zero attached hydrogens (tertiary/aromatic N) is 1. The zero-order valence-electron chi connectivity index (χ0n) is 13.6. The Kier molecular flexibility index (Phi) is 4.74. The minimum absolute atomic E-state index is 0.00798. The first-order valence-corrected chi connectivity index (χ1v) is 7.87. The van der Waals surface area contributed by atoms with Crippen molar-refractivity contribution in [2.75, 3.05) is 0 Å². The lowest BCUT2D eigenvalue weighted by Gasteiger charge is -2.17. The standard InChI is InChI=1S/C18H17N3O5/c22-12-5-1-10(2-6-12)14-9-15(21-20-14)17(24)19-16(18(25)26)11-3-7-13(23)8-4-11/h1-8,15-16,21-23H,9H2,(H,19,24)(H,25,26)/t15?,16-/m0/s1. The third-order valence-electron chi connectivity index (χ3n) is 4.03. The molecule has 0 fully saturated rings. The minimum Gasteiger partial charge on any atom is -0.508 e. The first kappa shape index (κ1) is 17.3. The number of hydrazone groups is 1. The van der Waals surface area contributed by atoms with Gasteiger partial charge in [-0.05, 0) is 47.5 Å². The van der Waals surface area contributed by atoms with Crippen molar-refractivity contribution in [3.8, 4) is 11.5 Å². The molecular weight excluding hydrogens is 338 g/mol. The molecule has 1 amide bonds. The molecule has 0 radical (unpaired) electrons. The number of nitrogens with one attached hydrogen (secondary N) is 2. The van der Waals surface area contributed by atoms with Crippen LogP contribution in [0.3, 0.4) is 0 Å². The van der Waals surface area contributed by atoms with Gasteiger partial charge in [-0.3, -0.25) is 10.2 Å². The lowest BCUT2D eigenvalue weighted by atomic mass is 10.0. The summed E-state index contributed by atoms with van der Waals surface area (Å²) in [6, 6.07) is 10.1. The molecule has 2 atom stereocenters. The van der Waals surface area contributed by atoms with E-state index in [1.165, 1.54) is 36.4 Å². The topological polar surface area (TPSA) is 131 Å². The number of hydrogen-bond acceptors (Lipinski definition) is 6. The SMILES string of the molecule is O=C(N[C@H](C(=O)O)c1ccc(O)cc1)C1CC(c2ccc(O)cc2)=NN1. The number of phenolic OH excluding ortho intramolecular Hbond substituents is 2. The van der Waals surface area contributed by atoms with Crippen LogP contribution in [0.1, 0.15) is 23.6 Å². The molecule has 1 unspecified atom stereocenters. The van der Waals surface area contributed by atoms with Gasteiger partial charge in [0.05, 0.1) is 5.71 Å². The predicted octanol–water partition coefficient (Wildman–Crippen LogP) is 1.11. The van der Waals surface area contributed by atoms with Crippen molar-refractivity contribution in [2.45, 2.75) is 18.5 Å². The smallest absolute Gasteiger partial charge is 0.330 e. The third kappa shape index (κ3) is 3.75. The number of phenols is 2. The Balaban J connectivity index is 1.67. The van der Waals surface area contributed by atoms with Crippen molar-refractivity contribution in [3.63, 3.8) is 0 Å². The van der Waals surface area contributed by atoms with E-state index in [1.54, 1.807) is 12.1 Å². The quantitative estimate of drug-likeness (QED) is 0.546. The van der Waals surface area contributed by atoms with Gasteiger partial charge < -0.3 is 20.6 Å². The van der Waals surface area contributed by atoms with Crippen LogP contribution in [0.4, 0.5) is 0 Å². The Morgan fingerprint density at radius 1 is 1.04 bits per heavy atom. The highest BCUT2D eigenvalue weighted by Gasteiger charge is 2.30. The molecule has 1 heterocycles. The number of carbonyl (C=O) groups excluding carboxylic acids is 1. The molecule has 1 aliphatic rings. The molecule has 3 rings (SSSR count). The van der Waals surface area contributed by atoms with Crippen LogP contribution in [0.5, 0.6) is 11.5 Å². The van der Waals surface area contributed by atoms with E-state index in [2.05, 4.69) is 15.8 Å². The number of rotatable bonds is 5. The van der Waals surface area contributed by atoms with Crippen LogP contribution in [-0.4, -0.2) is 38.9 Å². The molecule has 8 heteroatoms. The number of carboxylic acids is 1. The van der Waals surface area contributed by atoms with Crippen molar-refractivity contribution in [3.05, 3.63) is 59.7 Å². The minimum atomic E-state index is -1.23. The van der Waals surface area contributed by atoms with E-state index in [0.29, 0.717) is 17.7 Å². The number of hydrogen-bond donors (Lipinski definition) is 5. The van der Waals surface area contributed by atoms with Crippen LogP contribution in [0.15, 0.2) is 53.6 Å². The van der Waals surface area contributed by atoms with E-state index in [4.69, 9.17) is 0 Å². The molecule has 2 aromatic rings. The summed E-state index contributed by atoms with van der Waals surface area (Å²) in [7, 11) is 0.